The van der Waals surface area contributed by atoms with Gasteiger partial charge >= 0.3 is 0 Å². The number of ether oxygens (including phenoxy) is 2. The van der Waals surface area contributed by atoms with Gasteiger partial charge in [-0.15, -0.1) is 0 Å². The smallest absolute Gasteiger partial charge is 0.161 e. The summed E-state index contributed by atoms with van der Waals surface area (Å²) < 4.78 is 10.2. The van der Waals surface area contributed by atoms with Gasteiger partial charge in [-0.25, -0.2) is 9.97 Å². The van der Waals surface area contributed by atoms with E-state index in [1.807, 2.05) is 30.4 Å². The van der Waals surface area contributed by atoms with Crippen LogP contribution in [0, 0.1) is 0 Å². The standard InChI is InChI=1S/C22H20N2O4/c1-27-21-11-15(5-9-19(21)25)3-7-17-13-18(24-14-23-17)8-4-16-6-10-20(26)22(12-16)28-2/h3-14,25-26H,1-2H3/b7-3+,8-4+. The molecule has 0 fully saturated rings. The minimum atomic E-state index is 0.0972. The van der Waals surface area contributed by atoms with Crippen molar-refractivity contribution >= 4 is 24.3 Å². The van der Waals surface area contributed by atoms with Crippen LogP contribution in [0.1, 0.15) is 22.5 Å². The van der Waals surface area contributed by atoms with Crippen molar-refractivity contribution in [3.63, 3.8) is 0 Å². The van der Waals surface area contributed by atoms with Crippen LogP contribution in [0.25, 0.3) is 24.3 Å². The molecule has 3 rings (SSSR count). The quantitative estimate of drug-likeness (QED) is 0.669. The number of nitrogens with zero attached hydrogens (tertiary/aromatic N) is 2. The van der Waals surface area contributed by atoms with Crippen LogP contribution in [0.3, 0.4) is 0 Å². The van der Waals surface area contributed by atoms with Crippen LogP contribution in [-0.2, 0) is 0 Å². The molecule has 142 valence electrons. The summed E-state index contributed by atoms with van der Waals surface area (Å²) in [5.74, 6) is 1.02. The molecule has 0 aliphatic carbocycles. The normalized spacial score (nSPS) is 11.2. The fourth-order valence-electron chi connectivity index (χ4n) is 2.53. The van der Waals surface area contributed by atoms with E-state index in [-0.39, 0.29) is 11.5 Å². The van der Waals surface area contributed by atoms with Crippen molar-refractivity contribution in [2.75, 3.05) is 14.2 Å². The monoisotopic (exact) mass is 376 g/mol. The Morgan fingerprint density at radius 1 is 0.679 bits per heavy atom. The van der Waals surface area contributed by atoms with E-state index < -0.39 is 0 Å². The Kier molecular flexibility index (Phi) is 5.91. The molecule has 0 unspecified atom stereocenters. The molecule has 0 atom stereocenters. The lowest BCUT2D eigenvalue weighted by Gasteiger charge is -2.04. The van der Waals surface area contributed by atoms with Crippen LogP contribution in [0.4, 0.5) is 0 Å². The van der Waals surface area contributed by atoms with Crippen molar-refractivity contribution in [3.8, 4) is 23.0 Å². The van der Waals surface area contributed by atoms with Crippen LogP contribution in [0.5, 0.6) is 23.0 Å². The second-order valence-electron chi connectivity index (χ2n) is 5.90. The molecule has 0 amide bonds. The maximum Gasteiger partial charge on any atom is 0.161 e. The highest BCUT2D eigenvalue weighted by Crippen LogP contribution is 2.28. The molecular formula is C22H20N2O4. The molecule has 1 aromatic heterocycles. The molecule has 0 aliphatic rings. The topological polar surface area (TPSA) is 84.7 Å². The highest BCUT2D eigenvalue weighted by molar-refractivity contribution is 5.73. The Morgan fingerprint density at radius 3 is 1.57 bits per heavy atom. The number of hydrogen-bond donors (Lipinski definition) is 2. The van der Waals surface area contributed by atoms with E-state index >= 15 is 0 Å². The number of phenols is 2. The van der Waals surface area contributed by atoms with E-state index in [0.29, 0.717) is 11.5 Å². The van der Waals surface area contributed by atoms with Gasteiger partial charge in [-0.3, -0.25) is 0 Å². The van der Waals surface area contributed by atoms with Gasteiger partial charge in [0.25, 0.3) is 0 Å². The Morgan fingerprint density at radius 2 is 1.14 bits per heavy atom. The zero-order valence-electron chi connectivity index (χ0n) is 15.5. The average molecular weight is 376 g/mol. The second kappa shape index (κ2) is 8.73. The predicted octanol–water partition coefficient (Wildman–Crippen LogP) is 4.25. The first-order chi connectivity index (χ1) is 13.6. The van der Waals surface area contributed by atoms with E-state index in [1.54, 1.807) is 36.4 Å². The van der Waals surface area contributed by atoms with E-state index in [9.17, 15) is 10.2 Å². The molecule has 0 bridgehead atoms. The third kappa shape index (κ3) is 4.67. The molecule has 6 nitrogen and oxygen atoms in total. The van der Waals surface area contributed by atoms with Crippen molar-refractivity contribution in [1.82, 2.24) is 9.97 Å². The number of benzene rings is 2. The van der Waals surface area contributed by atoms with Crippen molar-refractivity contribution in [2.24, 2.45) is 0 Å². The Labute approximate surface area is 163 Å². The largest absolute Gasteiger partial charge is 0.504 e. The number of hydrogen-bond acceptors (Lipinski definition) is 6. The predicted molar refractivity (Wildman–Crippen MR) is 109 cm³/mol. The maximum absolute atomic E-state index is 9.66. The van der Waals surface area contributed by atoms with Crippen molar-refractivity contribution in [2.45, 2.75) is 0 Å². The van der Waals surface area contributed by atoms with Crippen LogP contribution in [0.15, 0.2) is 48.8 Å². The molecule has 3 aromatic rings. The highest BCUT2D eigenvalue weighted by atomic mass is 16.5. The summed E-state index contributed by atoms with van der Waals surface area (Å²) in [7, 11) is 3.02. The molecule has 0 spiro atoms. The maximum atomic E-state index is 9.66. The summed E-state index contributed by atoms with van der Waals surface area (Å²) in [5.41, 5.74) is 3.23. The van der Waals surface area contributed by atoms with Gasteiger partial charge in [-0.1, -0.05) is 24.3 Å². The third-order valence-electron chi connectivity index (χ3n) is 4.01. The molecule has 6 heteroatoms. The lowest BCUT2D eigenvalue weighted by atomic mass is 10.1. The molecule has 2 N–H and O–H groups in total. The molecule has 0 radical (unpaired) electrons. The number of rotatable bonds is 6. The van der Waals surface area contributed by atoms with Gasteiger partial charge in [-0.2, -0.15) is 0 Å². The first-order valence-corrected chi connectivity index (χ1v) is 8.51. The second-order valence-corrected chi connectivity index (χ2v) is 5.90. The van der Waals surface area contributed by atoms with Gasteiger partial charge in [-0.05, 0) is 53.6 Å². The van der Waals surface area contributed by atoms with Gasteiger partial charge in [0.1, 0.15) is 6.33 Å². The van der Waals surface area contributed by atoms with Crippen LogP contribution in [0.2, 0.25) is 0 Å². The van der Waals surface area contributed by atoms with Crippen molar-refractivity contribution in [3.05, 3.63) is 71.3 Å². The Bertz CT molecular complexity index is 950. The number of phenolic OH excluding ortho intramolecular Hbond substituents is 2. The SMILES string of the molecule is COc1cc(/C=C/c2cc(/C=C/c3ccc(O)c(OC)c3)ncn2)ccc1O. The summed E-state index contributed by atoms with van der Waals surface area (Å²) >= 11 is 0. The lowest BCUT2D eigenvalue weighted by Crippen LogP contribution is -1.87. The summed E-state index contributed by atoms with van der Waals surface area (Å²) in [6.45, 7) is 0. The summed E-state index contributed by atoms with van der Waals surface area (Å²) in [6.07, 6.45) is 8.96. The third-order valence-corrected chi connectivity index (χ3v) is 4.01. The summed E-state index contributed by atoms with van der Waals surface area (Å²) in [5, 5.41) is 19.3. The molecule has 0 saturated carbocycles. The number of aromatic nitrogens is 2. The lowest BCUT2D eigenvalue weighted by molar-refractivity contribution is 0.373. The van der Waals surface area contributed by atoms with Crippen LogP contribution >= 0.6 is 0 Å². The number of aromatic hydroxyl groups is 2. The summed E-state index contributed by atoms with van der Waals surface area (Å²) in [4.78, 5) is 8.49. The zero-order valence-corrected chi connectivity index (χ0v) is 15.5. The minimum absolute atomic E-state index is 0.0972. The van der Waals surface area contributed by atoms with Crippen molar-refractivity contribution < 1.29 is 19.7 Å². The van der Waals surface area contributed by atoms with E-state index in [0.717, 1.165) is 22.5 Å². The molecule has 28 heavy (non-hydrogen) atoms. The van der Waals surface area contributed by atoms with Gasteiger partial charge in [0.05, 0.1) is 25.6 Å². The molecule has 0 saturated heterocycles. The molecule has 2 aromatic carbocycles. The molecular weight excluding hydrogens is 356 g/mol. The zero-order chi connectivity index (χ0) is 19.9. The van der Waals surface area contributed by atoms with E-state index in [1.165, 1.54) is 20.5 Å². The highest BCUT2D eigenvalue weighted by Gasteiger charge is 2.02. The fraction of sp³-hybridized carbons (Fsp3) is 0.0909. The van der Waals surface area contributed by atoms with E-state index in [4.69, 9.17) is 9.47 Å². The first kappa shape index (κ1) is 19.0. The average Bonchev–Trinajstić information content (AvgIpc) is 2.73. The molecule has 1 heterocycles. The Hall–Kier alpha value is -3.80. The van der Waals surface area contributed by atoms with Crippen molar-refractivity contribution in [1.29, 1.82) is 0 Å². The Balaban J connectivity index is 1.77. The fourth-order valence-corrected chi connectivity index (χ4v) is 2.53. The van der Waals surface area contributed by atoms with Gasteiger partial charge in [0, 0.05) is 0 Å². The number of methoxy groups -OCH3 is 2. The minimum Gasteiger partial charge on any atom is -0.504 e. The van der Waals surface area contributed by atoms with Gasteiger partial charge in [0.15, 0.2) is 23.0 Å². The van der Waals surface area contributed by atoms with Crippen LogP contribution < -0.4 is 9.47 Å². The summed E-state index contributed by atoms with van der Waals surface area (Å²) in [6, 6.07) is 12.1. The van der Waals surface area contributed by atoms with Crippen LogP contribution in [-0.4, -0.2) is 34.4 Å². The van der Waals surface area contributed by atoms with E-state index in [2.05, 4.69) is 9.97 Å². The van der Waals surface area contributed by atoms with Gasteiger partial charge in [0.2, 0.25) is 0 Å². The molecule has 0 aliphatic heterocycles. The van der Waals surface area contributed by atoms with Gasteiger partial charge < -0.3 is 19.7 Å². The first-order valence-electron chi connectivity index (χ1n) is 8.51.